The van der Waals surface area contributed by atoms with Crippen molar-refractivity contribution >= 4 is 34.1 Å². The Labute approximate surface area is 155 Å². The summed E-state index contributed by atoms with van der Waals surface area (Å²) in [4.78, 5) is 36.6. The molecule has 0 fully saturated rings. The number of hydrogen-bond acceptors (Lipinski definition) is 5. The molecule has 26 heavy (non-hydrogen) atoms. The Balaban J connectivity index is 2.03. The van der Waals surface area contributed by atoms with Crippen LogP contribution in [0.15, 0.2) is 24.3 Å². The van der Waals surface area contributed by atoms with E-state index >= 15 is 0 Å². The van der Waals surface area contributed by atoms with E-state index in [-0.39, 0.29) is 17.1 Å². The third-order valence-electron chi connectivity index (χ3n) is 3.77. The van der Waals surface area contributed by atoms with Crippen LogP contribution in [0.5, 0.6) is 5.75 Å². The molecule has 0 radical (unpaired) electrons. The number of carbonyl (C=O) groups excluding carboxylic acids is 2. The first-order valence-electron chi connectivity index (χ1n) is 7.95. The van der Waals surface area contributed by atoms with Crippen LogP contribution in [-0.4, -0.2) is 36.5 Å². The predicted molar refractivity (Wildman–Crippen MR) is 99.4 cm³/mol. The van der Waals surface area contributed by atoms with Gasteiger partial charge in [-0.3, -0.25) is 9.59 Å². The summed E-state index contributed by atoms with van der Waals surface area (Å²) in [7, 11) is 1.50. The summed E-state index contributed by atoms with van der Waals surface area (Å²) in [6.45, 7) is 3.41. The van der Waals surface area contributed by atoms with Crippen molar-refractivity contribution in [1.82, 2.24) is 5.32 Å². The molecule has 2 aromatic rings. The van der Waals surface area contributed by atoms with Crippen molar-refractivity contribution in [2.45, 2.75) is 20.3 Å². The van der Waals surface area contributed by atoms with Gasteiger partial charge in [0.2, 0.25) is 5.91 Å². The Morgan fingerprint density at radius 1 is 1.27 bits per heavy atom. The number of carboxylic acid groups (broad SMARTS) is 1. The average Bonchev–Trinajstić information content (AvgIpc) is 2.94. The van der Waals surface area contributed by atoms with E-state index in [1.165, 1.54) is 18.4 Å². The zero-order valence-electron chi connectivity index (χ0n) is 14.7. The van der Waals surface area contributed by atoms with Gasteiger partial charge < -0.3 is 20.5 Å². The molecular weight excluding hydrogens is 356 g/mol. The second kappa shape index (κ2) is 8.48. The van der Waals surface area contributed by atoms with E-state index in [4.69, 9.17) is 4.74 Å². The van der Waals surface area contributed by atoms with E-state index in [1.807, 2.05) is 13.8 Å². The lowest BCUT2D eigenvalue weighted by Gasteiger charge is -2.08. The van der Waals surface area contributed by atoms with E-state index in [0.717, 1.165) is 4.88 Å². The van der Waals surface area contributed by atoms with Crippen molar-refractivity contribution in [3.63, 3.8) is 0 Å². The Morgan fingerprint density at radius 3 is 2.62 bits per heavy atom. The van der Waals surface area contributed by atoms with Crippen LogP contribution in [0.25, 0.3) is 0 Å². The van der Waals surface area contributed by atoms with Crippen LogP contribution in [0.1, 0.15) is 38.1 Å². The number of aryl methyl sites for hydroxylation is 1. The van der Waals surface area contributed by atoms with Crippen molar-refractivity contribution in [1.29, 1.82) is 0 Å². The van der Waals surface area contributed by atoms with Gasteiger partial charge in [0.05, 0.1) is 19.2 Å². The molecule has 0 saturated carbocycles. The molecule has 0 aliphatic carbocycles. The molecule has 1 aromatic carbocycles. The van der Waals surface area contributed by atoms with E-state index in [1.54, 1.807) is 24.3 Å². The standard InChI is InChI=1S/C18H20N2O5S/c1-4-13-10(2)26-17(15(13)18(23)24)20-14(21)9-19-16(22)11-6-5-7-12(8-11)25-3/h5-8H,4,9H2,1-3H3,(H,19,22)(H,20,21)(H,23,24). The Kier molecular flexibility index (Phi) is 6.35. The van der Waals surface area contributed by atoms with Crippen molar-refractivity contribution in [2.75, 3.05) is 19.0 Å². The van der Waals surface area contributed by atoms with E-state index in [0.29, 0.717) is 23.3 Å². The van der Waals surface area contributed by atoms with Crippen LogP contribution in [-0.2, 0) is 11.2 Å². The SMILES string of the molecule is CCc1c(C)sc(NC(=O)CNC(=O)c2cccc(OC)c2)c1C(=O)O. The highest BCUT2D eigenvalue weighted by molar-refractivity contribution is 7.16. The smallest absolute Gasteiger partial charge is 0.339 e. The zero-order valence-corrected chi connectivity index (χ0v) is 15.5. The summed E-state index contributed by atoms with van der Waals surface area (Å²) >= 11 is 1.22. The van der Waals surface area contributed by atoms with Crippen molar-refractivity contribution in [3.8, 4) is 5.75 Å². The van der Waals surface area contributed by atoms with Gasteiger partial charge in [-0.25, -0.2) is 4.79 Å². The molecule has 2 amide bonds. The number of anilines is 1. The number of methoxy groups -OCH3 is 1. The van der Waals surface area contributed by atoms with Gasteiger partial charge in [-0.1, -0.05) is 13.0 Å². The molecule has 0 aliphatic rings. The van der Waals surface area contributed by atoms with Gasteiger partial charge in [0.25, 0.3) is 5.91 Å². The first kappa shape index (κ1) is 19.5. The van der Waals surface area contributed by atoms with Crippen LogP contribution >= 0.6 is 11.3 Å². The topological polar surface area (TPSA) is 105 Å². The number of benzene rings is 1. The maximum absolute atomic E-state index is 12.1. The second-order valence-corrected chi connectivity index (χ2v) is 6.69. The minimum atomic E-state index is -1.08. The Morgan fingerprint density at radius 2 is 2.00 bits per heavy atom. The number of rotatable bonds is 7. The van der Waals surface area contributed by atoms with Crippen LogP contribution < -0.4 is 15.4 Å². The molecular formula is C18H20N2O5S. The van der Waals surface area contributed by atoms with Gasteiger partial charge in [0.1, 0.15) is 10.8 Å². The highest BCUT2D eigenvalue weighted by atomic mass is 32.1. The zero-order chi connectivity index (χ0) is 19.3. The first-order chi connectivity index (χ1) is 12.4. The molecule has 0 unspecified atom stereocenters. The minimum Gasteiger partial charge on any atom is -0.497 e. The lowest BCUT2D eigenvalue weighted by atomic mass is 10.1. The summed E-state index contributed by atoms with van der Waals surface area (Å²) in [5.41, 5.74) is 1.18. The molecule has 8 heteroatoms. The molecule has 0 saturated heterocycles. The fourth-order valence-electron chi connectivity index (χ4n) is 2.52. The van der Waals surface area contributed by atoms with E-state index < -0.39 is 17.8 Å². The Hall–Kier alpha value is -2.87. The third kappa shape index (κ3) is 4.40. The predicted octanol–water partition coefficient (Wildman–Crippen LogP) is 2.69. The highest BCUT2D eigenvalue weighted by Gasteiger charge is 2.22. The monoisotopic (exact) mass is 376 g/mol. The molecule has 2 rings (SSSR count). The fraction of sp³-hybridized carbons (Fsp3) is 0.278. The van der Waals surface area contributed by atoms with Crippen molar-refractivity contribution in [2.24, 2.45) is 0 Å². The molecule has 0 aliphatic heterocycles. The number of ether oxygens (including phenoxy) is 1. The molecule has 0 bridgehead atoms. The summed E-state index contributed by atoms with van der Waals surface area (Å²) in [5.74, 6) is -1.46. The molecule has 0 atom stereocenters. The lowest BCUT2D eigenvalue weighted by Crippen LogP contribution is -2.33. The van der Waals surface area contributed by atoms with Gasteiger partial charge in [-0.05, 0) is 37.1 Å². The summed E-state index contributed by atoms with van der Waals surface area (Å²) in [6, 6.07) is 6.55. The Bertz CT molecular complexity index is 844. The fourth-order valence-corrected chi connectivity index (χ4v) is 3.67. The quantitative estimate of drug-likeness (QED) is 0.689. The third-order valence-corrected chi connectivity index (χ3v) is 4.83. The number of thiophene rings is 1. The number of carboxylic acids is 1. The van der Waals surface area contributed by atoms with Gasteiger partial charge in [0, 0.05) is 10.4 Å². The second-order valence-electron chi connectivity index (χ2n) is 5.46. The maximum Gasteiger partial charge on any atom is 0.339 e. The molecule has 138 valence electrons. The van der Waals surface area contributed by atoms with Crippen LogP contribution in [0.4, 0.5) is 5.00 Å². The van der Waals surface area contributed by atoms with Crippen LogP contribution in [0.2, 0.25) is 0 Å². The number of amides is 2. The molecule has 1 aromatic heterocycles. The van der Waals surface area contributed by atoms with Gasteiger partial charge in [-0.2, -0.15) is 0 Å². The number of hydrogen-bond donors (Lipinski definition) is 3. The largest absolute Gasteiger partial charge is 0.497 e. The first-order valence-corrected chi connectivity index (χ1v) is 8.76. The highest BCUT2D eigenvalue weighted by Crippen LogP contribution is 2.33. The summed E-state index contributed by atoms with van der Waals surface area (Å²) in [5, 5.41) is 14.8. The molecule has 1 heterocycles. The summed E-state index contributed by atoms with van der Waals surface area (Å²) in [6.07, 6.45) is 0.562. The number of aromatic carboxylic acids is 1. The maximum atomic E-state index is 12.1. The number of carbonyl (C=O) groups is 3. The van der Waals surface area contributed by atoms with Crippen LogP contribution in [0.3, 0.4) is 0 Å². The van der Waals surface area contributed by atoms with Gasteiger partial charge >= 0.3 is 5.97 Å². The van der Waals surface area contributed by atoms with Crippen molar-refractivity contribution in [3.05, 3.63) is 45.8 Å². The van der Waals surface area contributed by atoms with E-state index in [9.17, 15) is 19.5 Å². The molecule has 0 spiro atoms. The summed E-state index contributed by atoms with van der Waals surface area (Å²) < 4.78 is 5.06. The molecule has 3 N–H and O–H groups in total. The normalized spacial score (nSPS) is 10.3. The van der Waals surface area contributed by atoms with Gasteiger partial charge in [0.15, 0.2) is 0 Å². The lowest BCUT2D eigenvalue weighted by molar-refractivity contribution is -0.115. The average molecular weight is 376 g/mol. The van der Waals surface area contributed by atoms with E-state index in [2.05, 4.69) is 10.6 Å². The van der Waals surface area contributed by atoms with Crippen molar-refractivity contribution < 1.29 is 24.2 Å². The minimum absolute atomic E-state index is 0.113. The van der Waals surface area contributed by atoms with Crippen LogP contribution in [0, 0.1) is 6.92 Å². The number of nitrogens with one attached hydrogen (secondary N) is 2. The van der Waals surface area contributed by atoms with Gasteiger partial charge in [-0.15, -0.1) is 11.3 Å². The molecule has 7 nitrogen and oxygen atoms in total.